The Bertz CT molecular complexity index is 1070. The largest absolute Gasteiger partial charge is 0.418 e. The van der Waals surface area contributed by atoms with Gasteiger partial charge in [-0.25, -0.2) is 9.98 Å². The maximum atomic E-state index is 6.34. The third-order valence-electron chi connectivity index (χ3n) is 4.58. The lowest BCUT2D eigenvalue weighted by Gasteiger charge is -2.19. The highest BCUT2D eigenvalue weighted by Gasteiger charge is 2.18. The van der Waals surface area contributed by atoms with Crippen molar-refractivity contribution in [1.82, 2.24) is 4.98 Å². The number of hydrogen-bond acceptors (Lipinski definition) is 5. The van der Waals surface area contributed by atoms with Crippen molar-refractivity contribution >= 4 is 29.4 Å². The average molecular weight is 421 g/mol. The molecule has 0 aliphatic rings. The van der Waals surface area contributed by atoms with E-state index in [1.165, 1.54) is 12.0 Å². The van der Waals surface area contributed by atoms with Crippen molar-refractivity contribution in [3.63, 3.8) is 0 Å². The normalized spacial score (nSPS) is 12.1. The number of nitrogens with two attached hydrogens (primary N) is 2. The second-order valence-corrected chi connectivity index (χ2v) is 9.09. The van der Waals surface area contributed by atoms with Crippen molar-refractivity contribution in [3.05, 3.63) is 77.0 Å². The van der Waals surface area contributed by atoms with Gasteiger partial charge in [-0.15, -0.1) is 0 Å². The van der Waals surface area contributed by atoms with Crippen LogP contribution in [0.3, 0.4) is 0 Å². The molecule has 4 N–H and O–H groups in total. The topological polar surface area (TPSA) is 86.5 Å². The maximum absolute atomic E-state index is 6.34. The van der Waals surface area contributed by atoms with E-state index in [1.807, 2.05) is 62.4 Å². The molecule has 0 saturated heterocycles. The molecule has 30 heavy (non-hydrogen) atoms. The minimum absolute atomic E-state index is 0.0955. The number of aryl methyl sites for hydroxylation is 2. The first kappa shape index (κ1) is 21.7. The lowest BCUT2D eigenvalue weighted by Crippen LogP contribution is -2.19. The van der Waals surface area contributed by atoms with Crippen LogP contribution in [0.25, 0.3) is 0 Å². The van der Waals surface area contributed by atoms with E-state index in [9.17, 15) is 0 Å². The van der Waals surface area contributed by atoms with E-state index in [4.69, 9.17) is 15.7 Å². The van der Waals surface area contributed by atoms with Crippen LogP contribution in [0.1, 0.15) is 43.2 Å². The van der Waals surface area contributed by atoms with Gasteiger partial charge in [-0.1, -0.05) is 45.0 Å². The molecule has 0 radical (unpaired) electrons. The molecule has 5 nitrogen and oxygen atoms in total. The van der Waals surface area contributed by atoms with Gasteiger partial charge in [0.1, 0.15) is 17.3 Å². The van der Waals surface area contributed by atoms with Crippen molar-refractivity contribution in [3.8, 4) is 5.75 Å². The van der Waals surface area contributed by atoms with Gasteiger partial charge in [0.25, 0.3) is 0 Å². The van der Waals surface area contributed by atoms with Gasteiger partial charge in [0.15, 0.2) is 5.75 Å². The quantitative estimate of drug-likeness (QED) is 0.314. The predicted molar refractivity (Wildman–Crippen MR) is 127 cm³/mol. The van der Waals surface area contributed by atoms with Gasteiger partial charge in [-0.05, 0) is 55.3 Å². The molecule has 156 valence electrons. The number of nitrogen functional groups attached to an aromatic ring is 1. The van der Waals surface area contributed by atoms with Gasteiger partial charge >= 0.3 is 0 Å². The monoisotopic (exact) mass is 420 g/mol. The number of pyridine rings is 1. The van der Waals surface area contributed by atoms with Crippen LogP contribution in [-0.2, 0) is 5.41 Å². The Balaban J connectivity index is 1.95. The van der Waals surface area contributed by atoms with Gasteiger partial charge in [0.05, 0.1) is 17.6 Å². The number of rotatable bonds is 5. The smallest absolute Gasteiger partial charge is 0.164 e. The van der Waals surface area contributed by atoms with Crippen molar-refractivity contribution in [2.75, 3.05) is 5.73 Å². The molecule has 0 aliphatic heterocycles. The van der Waals surface area contributed by atoms with Crippen molar-refractivity contribution in [2.24, 2.45) is 10.7 Å². The third kappa shape index (κ3) is 5.13. The summed E-state index contributed by atoms with van der Waals surface area (Å²) in [6.07, 6.45) is 0. The van der Waals surface area contributed by atoms with Crippen molar-refractivity contribution in [2.45, 2.75) is 44.9 Å². The summed E-state index contributed by atoms with van der Waals surface area (Å²) >= 11 is 1.29. The Morgan fingerprint density at radius 3 is 2.37 bits per heavy atom. The molecule has 0 unspecified atom stereocenters. The van der Waals surface area contributed by atoms with Gasteiger partial charge in [-0.3, -0.25) is 0 Å². The molecule has 0 aliphatic carbocycles. The van der Waals surface area contributed by atoms with Crippen LogP contribution in [0.2, 0.25) is 0 Å². The molecule has 1 heterocycles. The Morgan fingerprint density at radius 2 is 1.73 bits per heavy atom. The number of anilines is 1. The summed E-state index contributed by atoms with van der Waals surface area (Å²) in [6, 6.07) is 17.7. The first-order valence-corrected chi connectivity index (χ1v) is 10.5. The molecule has 3 rings (SSSR count). The molecule has 3 aromatic rings. The van der Waals surface area contributed by atoms with Crippen LogP contribution in [0.15, 0.2) is 64.5 Å². The van der Waals surface area contributed by atoms with E-state index in [0.29, 0.717) is 28.7 Å². The lowest BCUT2D eigenvalue weighted by atomic mass is 9.91. The highest BCUT2D eigenvalue weighted by Crippen LogP contribution is 2.37. The maximum Gasteiger partial charge on any atom is 0.164 e. The molecule has 2 aromatic carbocycles. The van der Waals surface area contributed by atoms with E-state index in [0.717, 1.165) is 21.7 Å². The van der Waals surface area contributed by atoms with E-state index in [1.54, 1.807) is 0 Å². The zero-order valence-electron chi connectivity index (χ0n) is 18.1. The standard InChI is InChI=1S/C24H28N4OS/c1-15-13-16(2)21(19(14-15)29-30-17-9-7-6-8-10-17)28-23(26)18-11-12-20(24(3,4)5)27-22(18)25/h6-14H,1-5H3,(H2,25,27)(H2,26,28). The molecular weight excluding hydrogens is 392 g/mol. The number of amidine groups is 1. The summed E-state index contributed by atoms with van der Waals surface area (Å²) in [5.74, 6) is 1.33. The first-order valence-electron chi connectivity index (χ1n) is 9.77. The van der Waals surface area contributed by atoms with Crippen LogP contribution in [0, 0.1) is 13.8 Å². The number of benzene rings is 2. The summed E-state index contributed by atoms with van der Waals surface area (Å²) in [5.41, 5.74) is 16.7. The van der Waals surface area contributed by atoms with Crippen LogP contribution < -0.4 is 15.7 Å². The van der Waals surface area contributed by atoms with E-state index in [-0.39, 0.29) is 5.41 Å². The number of hydrogen-bond donors (Lipinski definition) is 2. The summed E-state index contributed by atoms with van der Waals surface area (Å²) in [6.45, 7) is 10.3. The fourth-order valence-corrected chi connectivity index (χ4v) is 3.57. The van der Waals surface area contributed by atoms with Gasteiger partial charge in [0.2, 0.25) is 0 Å². The second kappa shape index (κ2) is 8.79. The minimum atomic E-state index is -0.0955. The zero-order chi connectivity index (χ0) is 21.9. The molecular formula is C24H28N4OS. The Kier molecular flexibility index (Phi) is 6.37. The number of aliphatic imine (C=N–C) groups is 1. The van der Waals surface area contributed by atoms with Crippen molar-refractivity contribution < 1.29 is 4.18 Å². The molecule has 6 heteroatoms. The number of nitrogens with zero attached hydrogens (tertiary/aromatic N) is 2. The molecule has 1 aromatic heterocycles. The van der Waals surface area contributed by atoms with Crippen molar-refractivity contribution in [1.29, 1.82) is 0 Å². The van der Waals surface area contributed by atoms with Crippen LogP contribution >= 0.6 is 12.0 Å². The summed E-state index contributed by atoms with van der Waals surface area (Å²) in [5, 5.41) is 0. The van der Waals surface area contributed by atoms with E-state index < -0.39 is 0 Å². The number of aromatic nitrogens is 1. The second-order valence-electron chi connectivity index (χ2n) is 8.28. The SMILES string of the molecule is Cc1cc(C)c(N=C(N)c2ccc(C(C)(C)C)nc2N)c(OSc2ccccc2)c1. The average Bonchev–Trinajstić information content (AvgIpc) is 2.68. The molecule has 0 spiro atoms. The van der Waals surface area contributed by atoms with Gasteiger partial charge in [0, 0.05) is 16.0 Å². The van der Waals surface area contributed by atoms with Crippen LogP contribution in [-0.4, -0.2) is 10.8 Å². The predicted octanol–water partition coefficient (Wildman–Crippen LogP) is 5.70. The van der Waals surface area contributed by atoms with Crippen LogP contribution in [0.4, 0.5) is 11.5 Å². The van der Waals surface area contributed by atoms with E-state index in [2.05, 4.69) is 36.8 Å². The third-order valence-corrected chi connectivity index (χ3v) is 5.31. The molecule has 0 bridgehead atoms. The summed E-state index contributed by atoms with van der Waals surface area (Å²) in [7, 11) is 0. The highest BCUT2D eigenvalue weighted by molar-refractivity contribution is 7.95. The highest BCUT2D eigenvalue weighted by atomic mass is 32.2. The lowest BCUT2D eigenvalue weighted by molar-refractivity contribution is 0.570. The Hall–Kier alpha value is -2.99. The Morgan fingerprint density at radius 1 is 1.03 bits per heavy atom. The first-order chi connectivity index (χ1) is 14.1. The van der Waals surface area contributed by atoms with Crippen LogP contribution in [0.5, 0.6) is 5.75 Å². The molecule has 0 fully saturated rings. The molecule has 0 amide bonds. The fraction of sp³-hybridized carbons (Fsp3) is 0.250. The molecule has 0 atom stereocenters. The molecule has 0 saturated carbocycles. The van der Waals surface area contributed by atoms with E-state index >= 15 is 0 Å². The summed E-state index contributed by atoms with van der Waals surface area (Å²) in [4.78, 5) is 10.2. The fourth-order valence-electron chi connectivity index (χ4n) is 2.99. The summed E-state index contributed by atoms with van der Waals surface area (Å²) < 4.78 is 6.02. The Labute approximate surface area is 182 Å². The van der Waals surface area contributed by atoms with Gasteiger partial charge < -0.3 is 15.7 Å². The van der Waals surface area contributed by atoms with Gasteiger partial charge in [-0.2, -0.15) is 0 Å². The minimum Gasteiger partial charge on any atom is -0.418 e. The zero-order valence-corrected chi connectivity index (χ0v) is 18.9.